The Bertz CT molecular complexity index is 103. The smallest absolute Gasteiger partial charge is 0.0265 e. The predicted molar refractivity (Wildman–Crippen MR) is 53.8 cm³/mol. The van der Waals surface area contributed by atoms with E-state index < -0.39 is 0 Å². The molecule has 0 spiro atoms. The lowest BCUT2D eigenvalue weighted by Gasteiger charge is -2.32. The molecule has 2 unspecified atom stereocenters. The highest BCUT2D eigenvalue weighted by Crippen LogP contribution is 2.27. The van der Waals surface area contributed by atoms with E-state index in [2.05, 4.69) is 41.6 Å². The van der Waals surface area contributed by atoms with E-state index >= 15 is 0 Å². The second-order valence-electron chi connectivity index (χ2n) is 3.33. The molecular weight excluding hydrogens is 237 g/mol. The minimum Gasteiger partial charge on any atom is -0.305 e. The molecule has 2 atom stereocenters. The molecule has 1 rings (SSSR count). The molecule has 2 heteroatoms. The van der Waals surface area contributed by atoms with Gasteiger partial charge in [0.1, 0.15) is 0 Å². The number of alkyl halides is 1. The monoisotopic (exact) mass is 253 g/mol. The van der Waals surface area contributed by atoms with E-state index in [1.54, 1.807) is 0 Å². The first kappa shape index (κ1) is 8.78. The van der Waals surface area contributed by atoms with Crippen molar-refractivity contribution in [2.75, 3.05) is 14.1 Å². The zero-order valence-corrected chi connectivity index (χ0v) is 8.97. The zero-order chi connectivity index (χ0) is 7.56. The predicted octanol–water partition coefficient (Wildman–Crippen LogP) is 2.29. The van der Waals surface area contributed by atoms with Crippen LogP contribution in [0.15, 0.2) is 0 Å². The van der Waals surface area contributed by atoms with Crippen LogP contribution in [0.1, 0.15) is 25.7 Å². The van der Waals surface area contributed by atoms with Crippen molar-refractivity contribution in [1.82, 2.24) is 4.90 Å². The molecule has 0 saturated heterocycles. The molecule has 0 aromatic carbocycles. The average molecular weight is 253 g/mol. The molecule has 60 valence electrons. The Hall–Kier alpha value is 0.690. The van der Waals surface area contributed by atoms with Crippen molar-refractivity contribution in [3.05, 3.63) is 0 Å². The van der Waals surface area contributed by atoms with Crippen LogP contribution in [0, 0.1) is 0 Å². The summed E-state index contributed by atoms with van der Waals surface area (Å²) in [7, 11) is 4.39. The molecular formula is C8H16IN. The lowest BCUT2D eigenvalue weighted by Crippen LogP contribution is -2.37. The standard InChI is InChI=1S/C8H16IN/c1-10(2)8-6-4-3-5-7(8)9/h7-8H,3-6H2,1-2H3. The van der Waals surface area contributed by atoms with Crippen LogP contribution >= 0.6 is 22.6 Å². The van der Waals surface area contributed by atoms with Gasteiger partial charge in [-0.3, -0.25) is 0 Å². The van der Waals surface area contributed by atoms with E-state index in [1.807, 2.05) is 0 Å². The minimum absolute atomic E-state index is 0.842. The summed E-state index contributed by atoms with van der Waals surface area (Å²) in [6.07, 6.45) is 5.70. The summed E-state index contributed by atoms with van der Waals surface area (Å²) in [6, 6.07) is 0.842. The van der Waals surface area contributed by atoms with Gasteiger partial charge in [0.15, 0.2) is 0 Å². The van der Waals surface area contributed by atoms with Gasteiger partial charge in [0, 0.05) is 9.97 Å². The topological polar surface area (TPSA) is 3.24 Å². The van der Waals surface area contributed by atoms with Crippen LogP contribution in [-0.4, -0.2) is 29.0 Å². The third kappa shape index (κ3) is 2.09. The Morgan fingerprint density at radius 2 is 1.80 bits per heavy atom. The van der Waals surface area contributed by atoms with Gasteiger partial charge in [-0.05, 0) is 26.9 Å². The maximum absolute atomic E-state index is 2.59. The van der Waals surface area contributed by atoms with E-state index in [4.69, 9.17) is 0 Å². The van der Waals surface area contributed by atoms with Crippen LogP contribution in [0.2, 0.25) is 0 Å². The van der Waals surface area contributed by atoms with Gasteiger partial charge < -0.3 is 4.90 Å². The van der Waals surface area contributed by atoms with Crippen molar-refractivity contribution >= 4 is 22.6 Å². The summed E-state index contributed by atoms with van der Waals surface area (Å²) < 4.78 is 0.890. The second kappa shape index (κ2) is 3.90. The fourth-order valence-corrected chi connectivity index (χ4v) is 3.09. The fraction of sp³-hybridized carbons (Fsp3) is 1.00. The quantitative estimate of drug-likeness (QED) is 0.512. The third-order valence-corrected chi connectivity index (χ3v) is 3.76. The molecule has 1 aliphatic rings. The van der Waals surface area contributed by atoms with Crippen LogP contribution in [0.25, 0.3) is 0 Å². The van der Waals surface area contributed by atoms with Crippen molar-refractivity contribution in [3.63, 3.8) is 0 Å². The maximum Gasteiger partial charge on any atom is 0.0265 e. The summed E-state index contributed by atoms with van der Waals surface area (Å²) in [5.74, 6) is 0. The second-order valence-corrected chi connectivity index (χ2v) is 4.93. The molecule has 0 aliphatic heterocycles. The van der Waals surface area contributed by atoms with Crippen molar-refractivity contribution in [1.29, 1.82) is 0 Å². The normalized spacial score (nSPS) is 34.8. The molecule has 0 N–H and O–H groups in total. The lowest BCUT2D eigenvalue weighted by atomic mass is 9.95. The van der Waals surface area contributed by atoms with Gasteiger partial charge in [0.25, 0.3) is 0 Å². The number of nitrogens with zero attached hydrogens (tertiary/aromatic N) is 1. The van der Waals surface area contributed by atoms with Gasteiger partial charge in [-0.2, -0.15) is 0 Å². The van der Waals surface area contributed by atoms with E-state index in [9.17, 15) is 0 Å². The van der Waals surface area contributed by atoms with Crippen molar-refractivity contribution in [2.45, 2.75) is 35.6 Å². The summed E-state index contributed by atoms with van der Waals surface area (Å²) in [4.78, 5) is 2.37. The first-order valence-electron chi connectivity index (χ1n) is 4.02. The zero-order valence-electron chi connectivity index (χ0n) is 6.81. The molecule has 0 radical (unpaired) electrons. The molecule has 1 saturated carbocycles. The van der Waals surface area contributed by atoms with Crippen LogP contribution in [-0.2, 0) is 0 Å². The molecule has 1 aliphatic carbocycles. The SMILES string of the molecule is CN(C)C1CCCCC1I. The summed E-state index contributed by atoms with van der Waals surface area (Å²) in [5.41, 5.74) is 0. The van der Waals surface area contributed by atoms with Crippen LogP contribution in [0.5, 0.6) is 0 Å². The Morgan fingerprint density at radius 1 is 1.20 bits per heavy atom. The molecule has 1 fully saturated rings. The fourth-order valence-electron chi connectivity index (χ4n) is 1.65. The Kier molecular flexibility index (Phi) is 3.43. The molecule has 0 aromatic heterocycles. The van der Waals surface area contributed by atoms with Crippen molar-refractivity contribution < 1.29 is 0 Å². The highest BCUT2D eigenvalue weighted by atomic mass is 127. The molecule has 0 bridgehead atoms. The molecule has 10 heavy (non-hydrogen) atoms. The lowest BCUT2D eigenvalue weighted by molar-refractivity contribution is 0.242. The summed E-state index contributed by atoms with van der Waals surface area (Å²) >= 11 is 2.59. The number of rotatable bonds is 1. The van der Waals surface area contributed by atoms with Crippen LogP contribution < -0.4 is 0 Å². The largest absolute Gasteiger partial charge is 0.305 e. The number of hydrogen-bond donors (Lipinski definition) is 0. The van der Waals surface area contributed by atoms with Gasteiger partial charge in [0.05, 0.1) is 0 Å². The van der Waals surface area contributed by atoms with Crippen LogP contribution in [0.3, 0.4) is 0 Å². The number of halogens is 1. The molecule has 0 heterocycles. The Morgan fingerprint density at radius 3 is 2.20 bits per heavy atom. The highest BCUT2D eigenvalue weighted by molar-refractivity contribution is 14.1. The van der Waals surface area contributed by atoms with Gasteiger partial charge in [-0.25, -0.2) is 0 Å². The van der Waals surface area contributed by atoms with Crippen LogP contribution in [0.4, 0.5) is 0 Å². The first-order chi connectivity index (χ1) is 4.72. The van der Waals surface area contributed by atoms with Crippen molar-refractivity contribution in [3.8, 4) is 0 Å². The summed E-state index contributed by atoms with van der Waals surface area (Å²) in [5, 5.41) is 0. The van der Waals surface area contributed by atoms with Crippen molar-refractivity contribution in [2.24, 2.45) is 0 Å². The maximum atomic E-state index is 2.59. The third-order valence-electron chi connectivity index (χ3n) is 2.31. The minimum atomic E-state index is 0.842. The average Bonchev–Trinajstić information content (AvgIpc) is 1.88. The molecule has 0 aromatic rings. The first-order valence-corrected chi connectivity index (χ1v) is 5.27. The Labute approximate surface area is 77.3 Å². The molecule has 1 nitrogen and oxygen atoms in total. The molecule has 0 amide bonds. The van der Waals surface area contributed by atoms with Gasteiger partial charge in [0.2, 0.25) is 0 Å². The summed E-state index contributed by atoms with van der Waals surface area (Å²) in [6.45, 7) is 0. The van der Waals surface area contributed by atoms with E-state index in [0.717, 1.165) is 9.97 Å². The van der Waals surface area contributed by atoms with Gasteiger partial charge in [-0.15, -0.1) is 0 Å². The van der Waals surface area contributed by atoms with Gasteiger partial charge >= 0.3 is 0 Å². The Balaban J connectivity index is 2.40. The number of hydrogen-bond acceptors (Lipinski definition) is 1. The van der Waals surface area contributed by atoms with Gasteiger partial charge in [-0.1, -0.05) is 35.4 Å². The highest BCUT2D eigenvalue weighted by Gasteiger charge is 2.23. The van der Waals surface area contributed by atoms with E-state index in [-0.39, 0.29) is 0 Å². The van der Waals surface area contributed by atoms with E-state index in [1.165, 1.54) is 25.7 Å². The van der Waals surface area contributed by atoms with E-state index in [0.29, 0.717) is 0 Å².